The van der Waals surface area contributed by atoms with Crippen LogP contribution in [-0.2, 0) is 27.3 Å². The van der Waals surface area contributed by atoms with Crippen molar-refractivity contribution in [3.8, 4) is 0 Å². The monoisotopic (exact) mass is 518 g/mol. The lowest BCUT2D eigenvalue weighted by Gasteiger charge is -2.42. The minimum absolute atomic E-state index is 0.0643. The highest BCUT2D eigenvalue weighted by Crippen LogP contribution is 2.28. The van der Waals surface area contributed by atoms with E-state index < -0.39 is 73.0 Å². The smallest absolute Gasteiger partial charge is 0.260 e. The molecule has 0 spiro atoms. The van der Waals surface area contributed by atoms with Crippen LogP contribution in [0.25, 0.3) is 0 Å². The number of ether oxygens (including phenoxy) is 1. The lowest BCUT2D eigenvalue weighted by Crippen LogP contribution is -2.66. The molecule has 1 amide bonds. The summed E-state index contributed by atoms with van der Waals surface area (Å²) in [6.45, 7) is -0.499. The summed E-state index contributed by atoms with van der Waals surface area (Å²) >= 11 is 0. The Morgan fingerprint density at radius 2 is 1.46 bits per heavy atom. The van der Waals surface area contributed by atoms with Crippen LogP contribution < -0.4 is 11.1 Å². The standard InChI is InChI=1S/C26H34N2O9/c27-25(35)26(36,20(30)12-18-21(31)23(33)22(32)19(14-29)37-18)24(34)17(11-15-7-3-1-4-8-15)28-13-16-9-5-2-6-10-16/h1-10,17-23,28-33,36H,11-14H2,(H2,27,35)/t17-,18+,19+,20?,21+,22+,23+,26?/m0/s1. The first kappa shape index (κ1) is 28.8. The van der Waals surface area contributed by atoms with Crippen LogP contribution in [0.4, 0.5) is 0 Å². The number of hydrogen-bond donors (Lipinski definition) is 8. The number of primary amides is 1. The van der Waals surface area contributed by atoms with Gasteiger partial charge in [0.25, 0.3) is 5.91 Å². The van der Waals surface area contributed by atoms with Gasteiger partial charge in [0.1, 0.15) is 30.5 Å². The normalized spacial score (nSPS) is 27.1. The number of carbonyl (C=O) groups is 2. The Balaban J connectivity index is 1.85. The zero-order chi connectivity index (χ0) is 27.2. The first-order valence-electron chi connectivity index (χ1n) is 12.0. The van der Waals surface area contributed by atoms with E-state index >= 15 is 0 Å². The number of ketones is 1. The quantitative estimate of drug-likeness (QED) is 0.142. The molecule has 3 rings (SSSR count). The Labute approximate surface area is 214 Å². The van der Waals surface area contributed by atoms with E-state index in [1.54, 1.807) is 30.3 Å². The van der Waals surface area contributed by atoms with Crippen LogP contribution in [0.2, 0.25) is 0 Å². The van der Waals surface area contributed by atoms with Gasteiger partial charge in [-0.05, 0) is 17.5 Å². The molecule has 11 nitrogen and oxygen atoms in total. The van der Waals surface area contributed by atoms with E-state index in [4.69, 9.17) is 10.5 Å². The molecule has 9 N–H and O–H groups in total. The molecule has 0 aromatic heterocycles. The van der Waals surface area contributed by atoms with Crippen LogP contribution in [-0.4, -0.2) is 97.2 Å². The van der Waals surface area contributed by atoms with E-state index in [1.165, 1.54) is 0 Å². The highest BCUT2D eigenvalue weighted by molar-refractivity contribution is 6.11. The molecule has 1 heterocycles. The minimum Gasteiger partial charge on any atom is -0.394 e. The molecule has 11 heteroatoms. The third kappa shape index (κ3) is 6.58. The first-order chi connectivity index (χ1) is 17.6. The topological polar surface area (TPSA) is 203 Å². The summed E-state index contributed by atoms with van der Waals surface area (Å²) in [4.78, 5) is 26.1. The van der Waals surface area contributed by atoms with Gasteiger partial charge < -0.3 is 46.4 Å². The Kier molecular flexibility index (Phi) is 9.87. The molecular weight excluding hydrogens is 484 g/mol. The highest BCUT2D eigenvalue weighted by Gasteiger charge is 2.54. The summed E-state index contributed by atoms with van der Waals surface area (Å²) in [6.07, 6.45) is -10.6. The van der Waals surface area contributed by atoms with Crippen molar-refractivity contribution in [3.05, 3.63) is 71.8 Å². The summed E-state index contributed by atoms with van der Waals surface area (Å²) < 4.78 is 5.36. The van der Waals surface area contributed by atoms with Gasteiger partial charge in [-0.2, -0.15) is 0 Å². The molecule has 2 unspecified atom stereocenters. The van der Waals surface area contributed by atoms with Crippen LogP contribution in [0.15, 0.2) is 60.7 Å². The molecule has 0 saturated carbocycles. The molecule has 202 valence electrons. The Morgan fingerprint density at radius 3 is 2.00 bits per heavy atom. The average Bonchev–Trinajstić information content (AvgIpc) is 2.91. The van der Waals surface area contributed by atoms with Crippen molar-refractivity contribution in [2.75, 3.05) is 6.61 Å². The van der Waals surface area contributed by atoms with Gasteiger partial charge in [0.15, 0.2) is 5.78 Å². The molecule has 2 aromatic rings. The Morgan fingerprint density at radius 1 is 0.919 bits per heavy atom. The van der Waals surface area contributed by atoms with Gasteiger partial charge in [0, 0.05) is 13.0 Å². The van der Waals surface area contributed by atoms with Gasteiger partial charge in [-0.3, -0.25) is 9.59 Å². The van der Waals surface area contributed by atoms with Crippen LogP contribution in [0.3, 0.4) is 0 Å². The molecule has 2 aromatic carbocycles. The molecule has 37 heavy (non-hydrogen) atoms. The molecule has 1 fully saturated rings. The second kappa shape index (κ2) is 12.7. The van der Waals surface area contributed by atoms with Crippen molar-refractivity contribution >= 4 is 11.7 Å². The molecule has 0 aliphatic carbocycles. The maximum atomic E-state index is 13.6. The predicted molar refractivity (Wildman–Crippen MR) is 131 cm³/mol. The van der Waals surface area contributed by atoms with Crippen LogP contribution in [0.1, 0.15) is 17.5 Å². The zero-order valence-corrected chi connectivity index (χ0v) is 20.1. The van der Waals surface area contributed by atoms with Gasteiger partial charge in [-0.1, -0.05) is 60.7 Å². The van der Waals surface area contributed by atoms with E-state index in [9.17, 15) is 40.2 Å². The fraction of sp³-hybridized carbons (Fsp3) is 0.462. The third-order valence-corrected chi connectivity index (χ3v) is 6.67. The van der Waals surface area contributed by atoms with Crippen molar-refractivity contribution in [2.24, 2.45) is 5.73 Å². The average molecular weight is 519 g/mol. The van der Waals surface area contributed by atoms with Crippen molar-refractivity contribution in [1.29, 1.82) is 0 Å². The van der Waals surface area contributed by atoms with E-state index in [2.05, 4.69) is 5.32 Å². The van der Waals surface area contributed by atoms with Crippen LogP contribution in [0.5, 0.6) is 0 Å². The molecule has 1 aliphatic rings. The van der Waals surface area contributed by atoms with Crippen molar-refractivity contribution in [1.82, 2.24) is 5.32 Å². The molecule has 1 aliphatic heterocycles. The molecule has 0 radical (unpaired) electrons. The van der Waals surface area contributed by atoms with Crippen molar-refractivity contribution in [3.63, 3.8) is 0 Å². The molecule has 1 saturated heterocycles. The number of nitrogens with two attached hydrogens (primary N) is 1. The summed E-state index contributed by atoms with van der Waals surface area (Å²) in [7, 11) is 0. The van der Waals surface area contributed by atoms with Gasteiger partial charge in [0.2, 0.25) is 5.60 Å². The van der Waals surface area contributed by atoms with E-state index in [0.29, 0.717) is 0 Å². The highest BCUT2D eigenvalue weighted by atomic mass is 16.5. The summed E-state index contributed by atoms with van der Waals surface area (Å²) in [6, 6.07) is 16.8. The number of amides is 1. The fourth-order valence-electron chi connectivity index (χ4n) is 4.42. The lowest BCUT2D eigenvalue weighted by molar-refractivity contribution is -0.238. The number of rotatable bonds is 12. The van der Waals surface area contributed by atoms with Crippen LogP contribution in [0, 0.1) is 0 Å². The minimum atomic E-state index is -3.08. The van der Waals surface area contributed by atoms with E-state index in [1.807, 2.05) is 30.3 Å². The number of nitrogens with one attached hydrogen (secondary N) is 1. The van der Waals surface area contributed by atoms with Crippen molar-refractivity contribution < 1.29 is 45.0 Å². The third-order valence-electron chi connectivity index (χ3n) is 6.67. The van der Waals surface area contributed by atoms with Gasteiger partial charge >= 0.3 is 0 Å². The maximum absolute atomic E-state index is 13.6. The second-order valence-electron chi connectivity index (χ2n) is 9.22. The largest absolute Gasteiger partial charge is 0.394 e. The number of hydrogen-bond acceptors (Lipinski definition) is 10. The Bertz CT molecular complexity index is 1020. The second-order valence-corrected chi connectivity index (χ2v) is 9.22. The number of aliphatic hydroxyl groups is 6. The number of Topliss-reactive ketones (excluding diaryl/α,β-unsaturated/α-hetero) is 1. The van der Waals surface area contributed by atoms with Crippen LogP contribution >= 0.6 is 0 Å². The van der Waals surface area contributed by atoms with E-state index in [-0.39, 0.29) is 13.0 Å². The lowest BCUT2D eigenvalue weighted by atomic mass is 9.81. The Hall–Kier alpha value is -2.74. The summed E-state index contributed by atoms with van der Waals surface area (Å²) in [5, 5.41) is 64.8. The van der Waals surface area contributed by atoms with Gasteiger partial charge in [0.05, 0.1) is 18.8 Å². The van der Waals surface area contributed by atoms with Gasteiger partial charge in [-0.15, -0.1) is 0 Å². The fourth-order valence-corrected chi connectivity index (χ4v) is 4.42. The van der Waals surface area contributed by atoms with E-state index in [0.717, 1.165) is 11.1 Å². The van der Waals surface area contributed by atoms with Crippen molar-refractivity contribution in [2.45, 2.75) is 67.7 Å². The number of benzene rings is 2. The number of carbonyl (C=O) groups excluding carboxylic acids is 2. The molecule has 8 atom stereocenters. The molecular formula is C26H34N2O9. The SMILES string of the molecule is NC(=O)C(O)(C(=O)[C@H](Cc1ccccc1)NCc1ccccc1)C(O)C[C@H]1O[C@H](CO)[C@@H](O)[C@H](O)[C@@H]1O. The first-order valence-corrected chi connectivity index (χ1v) is 12.0. The van der Waals surface area contributed by atoms with Gasteiger partial charge in [-0.25, -0.2) is 0 Å². The summed E-state index contributed by atoms with van der Waals surface area (Å²) in [5.41, 5.74) is 3.89. The zero-order valence-electron chi connectivity index (χ0n) is 20.1. The molecule has 0 bridgehead atoms. The summed E-state index contributed by atoms with van der Waals surface area (Å²) in [5.74, 6) is -2.59. The maximum Gasteiger partial charge on any atom is 0.260 e. The number of aliphatic hydroxyl groups excluding tert-OH is 5. The predicted octanol–water partition coefficient (Wildman–Crippen LogP) is -2.23.